The lowest BCUT2D eigenvalue weighted by Gasteiger charge is -2.07. The van der Waals surface area contributed by atoms with E-state index in [9.17, 15) is 4.79 Å². The highest BCUT2D eigenvalue weighted by molar-refractivity contribution is 6.35. The summed E-state index contributed by atoms with van der Waals surface area (Å²) < 4.78 is 5.37. The van der Waals surface area contributed by atoms with Crippen LogP contribution in [0, 0.1) is 6.92 Å². The van der Waals surface area contributed by atoms with Crippen molar-refractivity contribution in [1.82, 2.24) is 4.98 Å². The molecule has 0 spiro atoms. The number of benzene rings is 2. The van der Waals surface area contributed by atoms with Crippen LogP contribution >= 0.6 is 23.2 Å². The van der Waals surface area contributed by atoms with Gasteiger partial charge < -0.3 is 9.73 Å². The summed E-state index contributed by atoms with van der Waals surface area (Å²) in [5, 5.41) is 3.64. The van der Waals surface area contributed by atoms with E-state index in [1.165, 1.54) is 0 Å². The van der Waals surface area contributed by atoms with E-state index in [-0.39, 0.29) is 5.91 Å². The summed E-state index contributed by atoms with van der Waals surface area (Å²) >= 11 is 11.9. The van der Waals surface area contributed by atoms with Gasteiger partial charge in [0, 0.05) is 17.5 Å². The second kappa shape index (κ2) is 5.39. The van der Waals surface area contributed by atoms with Crippen molar-refractivity contribution in [2.24, 2.45) is 0 Å². The molecule has 1 N–H and O–H groups in total. The predicted molar refractivity (Wildman–Crippen MR) is 83.2 cm³/mol. The Morgan fingerprint density at radius 1 is 1.19 bits per heavy atom. The molecule has 0 bridgehead atoms. The van der Waals surface area contributed by atoms with Crippen molar-refractivity contribution in [3.63, 3.8) is 0 Å². The lowest BCUT2D eigenvalue weighted by molar-refractivity contribution is 0.102. The van der Waals surface area contributed by atoms with Crippen LogP contribution in [0.25, 0.3) is 11.1 Å². The molecule has 1 amide bonds. The summed E-state index contributed by atoms with van der Waals surface area (Å²) in [6.07, 6.45) is 0. The highest BCUT2D eigenvalue weighted by Gasteiger charge is 2.11. The lowest BCUT2D eigenvalue weighted by atomic mass is 10.2. The van der Waals surface area contributed by atoms with E-state index in [1.807, 2.05) is 0 Å². The van der Waals surface area contributed by atoms with Crippen LogP contribution in [0.15, 0.2) is 40.8 Å². The third kappa shape index (κ3) is 2.86. The zero-order valence-electron chi connectivity index (χ0n) is 11.0. The maximum atomic E-state index is 12.3. The molecule has 0 aliphatic rings. The second-order valence-corrected chi connectivity index (χ2v) is 5.34. The SMILES string of the molecule is Cc1nc2cc(C(=O)Nc3cc(Cl)ccc3Cl)ccc2o1. The number of rotatable bonds is 2. The van der Waals surface area contributed by atoms with Gasteiger partial charge in [0.15, 0.2) is 11.5 Å². The largest absolute Gasteiger partial charge is 0.441 e. The van der Waals surface area contributed by atoms with Gasteiger partial charge in [-0.15, -0.1) is 0 Å². The van der Waals surface area contributed by atoms with Gasteiger partial charge in [0.05, 0.1) is 10.7 Å². The summed E-state index contributed by atoms with van der Waals surface area (Å²) in [5.41, 5.74) is 2.21. The van der Waals surface area contributed by atoms with E-state index in [1.54, 1.807) is 43.3 Å². The van der Waals surface area contributed by atoms with Crippen LogP contribution in [0.3, 0.4) is 0 Å². The van der Waals surface area contributed by atoms with Gasteiger partial charge in [-0.1, -0.05) is 23.2 Å². The fourth-order valence-corrected chi connectivity index (χ4v) is 2.31. The number of oxazole rings is 1. The molecule has 0 aliphatic heterocycles. The number of hydrogen-bond acceptors (Lipinski definition) is 3. The van der Waals surface area contributed by atoms with Crippen molar-refractivity contribution in [2.45, 2.75) is 6.92 Å². The summed E-state index contributed by atoms with van der Waals surface area (Å²) in [5.74, 6) is 0.266. The molecule has 3 rings (SSSR count). The smallest absolute Gasteiger partial charge is 0.255 e. The van der Waals surface area contributed by atoms with Crippen LogP contribution in [0.5, 0.6) is 0 Å². The van der Waals surface area contributed by atoms with Crippen LogP contribution in [-0.4, -0.2) is 10.9 Å². The Morgan fingerprint density at radius 3 is 2.81 bits per heavy atom. The molecule has 0 atom stereocenters. The molecule has 0 fully saturated rings. The van der Waals surface area contributed by atoms with Gasteiger partial charge in [0.25, 0.3) is 5.91 Å². The molecule has 1 aromatic heterocycles. The fraction of sp³-hybridized carbons (Fsp3) is 0.0667. The maximum Gasteiger partial charge on any atom is 0.255 e. The van der Waals surface area contributed by atoms with Crippen molar-refractivity contribution >= 4 is 45.9 Å². The molecule has 0 unspecified atom stereocenters. The van der Waals surface area contributed by atoms with Gasteiger partial charge in [-0.25, -0.2) is 4.98 Å². The highest BCUT2D eigenvalue weighted by atomic mass is 35.5. The maximum absolute atomic E-state index is 12.3. The number of carbonyl (C=O) groups excluding carboxylic acids is 1. The molecule has 6 heteroatoms. The highest BCUT2D eigenvalue weighted by Crippen LogP contribution is 2.26. The van der Waals surface area contributed by atoms with E-state index in [0.29, 0.717) is 38.3 Å². The summed E-state index contributed by atoms with van der Waals surface area (Å²) in [4.78, 5) is 16.5. The molecule has 0 aliphatic carbocycles. The normalized spacial score (nSPS) is 10.8. The minimum absolute atomic E-state index is 0.290. The molecule has 2 aromatic carbocycles. The summed E-state index contributed by atoms with van der Waals surface area (Å²) in [7, 11) is 0. The van der Waals surface area contributed by atoms with E-state index >= 15 is 0 Å². The quantitative estimate of drug-likeness (QED) is 0.744. The molecule has 21 heavy (non-hydrogen) atoms. The molecule has 0 radical (unpaired) electrons. The topological polar surface area (TPSA) is 55.1 Å². The fourth-order valence-electron chi connectivity index (χ4n) is 1.97. The number of aromatic nitrogens is 1. The van der Waals surface area contributed by atoms with Gasteiger partial charge in [-0.2, -0.15) is 0 Å². The Hall–Kier alpha value is -2.04. The number of amides is 1. The van der Waals surface area contributed by atoms with Gasteiger partial charge >= 0.3 is 0 Å². The number of nitrogens with one attached hydrogen (secondary N) is 1. The minimum Gasteiger partial charge on any atom is -0.441 e. The molecule has 3 aromatic rings. The van der Waals surface area contributed by atoms with Gasteiger partial charge in [0.1, 0.15) is 5.52 Å². The number of hydrogen-bond donors (Lipinski definition) is 1. The van der Waals surface area contributed by atoms with Crippen LogP contribution in [0.1, 0.15) is 16.2 Å². The summed E-state index contributed by atoms with van der Waals surface area (Å²) in [6.45, 7) is 1.76. The first-order valence-electron chi connectivity index (χ1n) is 6.16. The van der Waals surface area contributed by atoms with Crippen molar-refractivity contribution < 1.29 is 9.21 Å². The Bertz CT molecular complexity index is 843. The van der Waals surface area contributed by atoms with Crippen molar-refractivity contribution in [3.05, 3.63) is 57.9 Å². The first-order valence-corrected chi connectivity index (χ1v) is 6.92. The first-order chi connectivity index (χ1) is 10.0. The van der Waals surface area contributed by atoms with E-state index in [4.69, 9.17) is 27.6 Å². The molecule has 4 nitrogen and oxygen atoms in total. The standard InChI is InChI=1S/C15H10Cl2N2O2/c1-8-18-13-6-9(2-5-14(13)21-8)15(20)19-12-7-10(16)3-4-11(12)17/h2-7H,1H3,(H,19,20). The molecular formula is C15H10Cl2N2O2. The number of halogens is 2. The third-order valence-corrected chi connectivity index (χ3v) is 3.50. The van der Waals surface area contributed by atoms with Gasteiger partial charge in [-0.05, 0) is 36.4 Å². The van der Waals surface area contributed by atoms with Crippen LogP contribution in [0.2, 0.25) is 10.0 Å². The molecule has 1 heterocycles. The average molecular weight is 321 g/mol. The van der Waals surface area contributed by atoms with E-state index in [2.05, 4.69) is 10.3 Å². The third-order valence-electron chi connectivity index (χ3n) is 2.93. The number of fused-ring (bicyclic) bond motifs is 1. The molecule has 0 saturated heterocycles. The Kier molecular flexibility index (Phi) is 3.57. The molecule has 106 valence electrons. The predicted octanol–water partition coefficient (Wildman–Crippen LogP) is 4.70. The summed E-state index contributed by atoms with van der Waals surface area (Å²) in [6, 6.07) is 9.93. The van der Waals surface area contributed by atoms with Crippen molar-refractivity contribution in [1.29, 1.82) is 0 Å². The number of aryl methyl sites for hydroxylation is 1. The number of nitrogens with zero attached hydrogens (tertiary/aromatic N) is 1. The lowest BCUT2D eigenvalue weighted by Crippen LogP contribution is -2.12. The second-order valence-electron chi connectivity index (χ2n) is 4.49. The van der Waals surface area contributed by atoms with Crippen molar-refractivity contribution in [2.75, 3.05) is 5.32 Å². The Balaban J connectivity index is 1.91. The van der Waals surface area contributed by atoms with Crippen LogP contribution in [0.4, 0.5) is 5.69 Å². The zero-order valence-corrected chi connectivity index (χ0v) is 12.5. The zero-order chi connectivity index (χ0) is 15.0. The Labute approximate surface area is 130 Å². The van der Waals surface area contributed by atoms with Crippen LogP contribution in [-0.2, 0) is 0 Å². The van der Waals surface area contributed by atoms with Crippen LogP contribution < -0.4 is 5.32 Å². The van der Waals surface area contributed by atoms with Gasteiger partial charge in [-0.3, -0.25) is 4.79 Å². The minimum atomic E-state index is -0.290. The van der Waals surface area contributed by atoms with E-state index < -0.39 is 0 Å². The number of carbonyl (C=O) groups is 1. The monoisotopic (exact) mass is 320 g/mol. The molecular weight excluding hydrogens is 311 g/mol. The molecule has 0 saturated carbocycles. The van der Waals surface area contributed by atoms with Crippen molar-refractivity contribution in [3.8, 4) is 0 Å². The average Bonchev–Trinajstić information content (AvgIpc) is 2.81. The Morgan fingerprint density at radius 2 is 2.00 bits per heavy atom. The first kappa shape index (κ1) is 13.9. The van der Waals surface area contributed by atoms with E-state index in [0.717, 1.165) is 0 Å². The number of anilines is 1. The van der Waals surface area contributed by atoms with Gasteiger partial charge in [0.2, 0.25) is 0 Å².